The van der Waals surface area contributed by atoms with Crippen molar-refractivity contribution in [1.29, 1.82) is 0 Å². The molecule has 0 heterocycles. The number of nitrogens with one attached hydrogen (secondary N) is 1. The Morgan fingerprint density at radius 2 is 1.83 bits per heavy atom. The van der Waals surface area contributed by atoms with Crippen LogP contribution in [0, 0.1) is 11.6 Å². The van der Waals surface area contributed by atoms with Crippen LogP contribution in [0.1, 0.15) is 42.5 Å². The van der Waals surface area contributed by atoms with Gasteiger partial charge < -0.3 is 5.32 Å². The molecule has 0 bridgehead atoms. The minimum atomic E-state index is -0.797. The van der Waals surface area contributed by atoms with E-state index in [4.69, 9.17) is 11.6 Å². The number of rotatable bonds is 2. The lowest BCUT2D eigenvalue weighted by atomic mass is 9.95. The van der Waals surface area contributed by atoms with Gasteiger partial charge >= 0.3 is 0 Å². The van der Waals surface area contributed by atoms with Crippen LogP contribution >= 0.6 is 11.6 Å². The molecule has 2 rings (SSSR count). The number of hydrogen-bond donors (Lipinski definition) is 1. The Kier molecular flexibility index (Phi) is 4.17. The first-order chi connectivity index (χ1) is 8.58. The minimum absolute atomic E-state index is 0.0596. The largest absolute Gasteiger partial charge is 0.349 e. The van der Waals surface area contributed by atoms with E-state index in [2.05, 4.69) is 5.32 Å². The number of carbonyl (C=O) groups is 1. The van der Waals surface area contributed by atoms with Crippen LogP contribution in [-0.4, -0.2) is 11.9 Å². The molecule has 0 aromatic heterocycles. The van der Waals surface area contributed by atoms with Gasteiger partial charge in [-0.3, -0.25) is 4.79 Å². The average molecular weight is 274 g/mol. The molecule has 0 spiro atoms. The highest BCUT2D eigenvalue weighted by atomic mass is 35.5. The lowest BCUT2D eigenvalue weighted by Crippen LogP contribution is -2.36. The Bertz CT molecular complexity index is 459. The first-order valence-electron chi connectivity index (χ1n) is 6.03. The Morgan fingerprint density at radius 1 is 1.17 bits per heavy atom. The summed E-state index contributed by atoms with van der Waals surface area (Å²) >= 11 is 5.44. The molecule has 1 saturated carbocycles. The average Bonchev–Trinajstić information content (AvgIpc) is 2.35. The third-order valence-corrected chi connectivity index (χ3v) is 3.48. The van der Waals surface area contributed by atoms with E-state index in [1.165, 1.54) is 0 Å². The quantitative estimate of drug-likeness (QED) is 0.818. The molecule has 0 aliphatic heterocycles. The van der Waals surface area contributed by atoms with Crippen LogP contribution in [-0.2, 0) is 0 Å². The number of hydrogen-bond acceptors (Lipinski definition) is 1. The van der Waals surface area contributed by atoms with Crippen molar-refractivity contribution in [2.24, 2.45) is 0 Å². The van der Waals surface area contributed by atoms with E-state index in [0.717, 1.165) is 44.2 Å². The first kappa shape index (κ1) is 13.3. The number of carbonyl (C=O) groups excluding carboxylic acids is 1. The summed E-state index contributed by atoms with van der Waals surface area (Å²) in [4.78, 5) is 11.8. The van der Waals surface area contributed by atoms with Gasteiger partial charge in [-0.05, 0) is 25.0 Å². The van der Waals surface area contributed by atoms with Gasteiger partial charge in [-0.15, -0.1) is 0 Å². The van der Waals surface area contributed by atoms with Crippen molar-refractivity contribution in [3.05, 3.63) is 34.4 Å². The molecule has 1 aliphatic carbocycles. The highest BCUT2D eigenvalue weighted by molar-refractivity contribution is 6.30. The fourth-order valence-electron chi connectivity index (χ4n) is 2.21. The van der Waals surface area contributed by atoms with Crippen LogP contribution < -0.4 is 5.32 Å². The second-order valence-electron chi connectivity index (χ2n) is 4.55. The van der Waals surface area contributed by atoms with Crippen LogP contribution in [0.2, 0.25) is 5.02 Å². The molecular formula is C13H14ClF2NO. The number of amides is 1. The van der Waals surface area contributed by atoms with E-state index in [1.54, 1.807) is 0 Å². The summed E-state index contributed by atoms with van der Waals surface area (Å²) in [5.41, 5.74) is -0.289. The predicted molar refractivity (Wildman–Crippen MR) is 65.7 cm³/mol. The van der Waals surface area contributed by atoms with Crippen molar-refractivity contribution in [2.75, 3.05) is 0 Å². The second-order valence-corrected chi connectivity index (χ2v) is 4.96. The molecular weight excluding hydrogens is 260 g/mol. The maximum atomic E-state index is 13.5. The van der Waals surface area contributed by atoms with E-state index in [0.29, 0.717) is 0 Å². The van der Waals surface area contributed by atoms with Crippen LogP contribution in [0.25, 0.3) is 0 Å². The molecule has 5 heteroatoms. The van der Waals surface area contributed by atoms with Crippen LogP contribution in [0.5, 0.6) is 0 Å². The molecule has 98 valence electrons. The Labute approximate surface area is 109 Å². The second kappa shape index (κ2) is 5.65. The van der Waals surface area contributed by atoms with Gasteiger partial charge in [0.1, 0.15) is 11.6 Å². The van der Waals surface area contributed by atoms with E-state index < -0.39 is 17.5 Å². The molecule has 0 atom stereocenters. The molecule has 2 nitrogen and oxygen atoms in total. The summed E-state index contributed by atoms with van der Waals surface area (Å²) in [6, 6.07) is 1.73. The molecule has 1 amide bonds. The van der Waals surface area contributed by atoms with Gasteiger partial charge in [-0.1, -0.05) is 30.9 Å². The van der Waals surface area contributed by atoms with E-state index in [-0.39, 0.29) is 16.6 Å². The summed E-state index contributed by atoms with van der Waals surface area (Å²) < 4.78 is 26.7. The summed E-state index contributed by atoms with van der Waals surface area (Å²) in [5, 5.41) is 2.42. The molecule has 0 unspecified atom stereocenters. The van der Waals surface area contributed by atoms with Crippen LogP contribution in [0.3, 0.4) is 0 Å². The van der Waals surface area contributed by atoms with Crippen molar-refractivity contribution in [1.82, 2.24) is 5.32 Å². The van der Waals surface area contributed by atoms with Crippen molar-refractivity contribution >= 4 is 17.5 Å². The van der Waals surface area contributed by atoms with E-state index in [9.17, 15) is 13.6 Å². The zero-order chi connectivity index (χ0) is 13.1. The predicted octanol–water partition coefficient (Wildman–Crippen LogP) is 3.68. The lowest BCUT2D eigenvalue weighted by molar-refractivity contribution is 0.0923. The normalized spacial score (nSPS) is 16.6. The van der Waals surface area contributed by atoms with Gasteiger partial charge in [0.25, 0.3) is 5.91 Å². The van der Waals surface area contributed by atoms with Crippen molar-refractivity contribution in [2.45, 2.75) is 38.1 Å². The monoisotopic (exact) mass is 273 g/mol. The fraction of sp³-hybridized carbons (Fsp3) is 0.462. The summed E-state index contributed by atoms with van der Waals surface area (Å²) in [5.74, 6) is -2.16. The summed E-state index contributed by atoms with van der Waals surface area (Å²) in [6.45, 7) is 0. The fourth-order valence-corrected chi connectivity index (χ4v) is 2.36. The molecule has 0 saturated heterocycles. The maximum absolute atomic E-state index is 13.5. The molecule has 1 aromatic rings. The number of benzene rings is 1. The molecule has 1 aromatic carbocycles. The third kappa shape index (κ3) is 2.99. The van der Waals surface area contributed by atoms with Gasteiger partial charge in [0.15, 0.2) is 0 Å². The summed E-state index contributed by atoms with van der Waals surface area (Å²) in [6.07, 6.45) is 5.06. The molecule has 0 radical (unpaired) electrons. The van der Waals surface area contributed by atoms with Crippen LogP contribution in [0.4, 0.5) is 8.78 Å². The van der Waals surface area contributed by atoms with Gasteiger partial charge in [-0.25, -0.2) is 8.78 Å². The zero-order valence-corrected chi connectivity index (χ0v) is 10.6. The molecule has 18 heavy (non-hydrogen) atoms. The third-order valence-electron chi connectivity index (χ3n) is 3.19. The van der Waals surface area contributed by atoms with Gasteiger partial charge in [0.2, 0.25) is 0 Å². The van der Waals surface area contributed by atoms with Crippen molar-refractivity contribution < 1.29 is 13.6 Å². The Hall–Kier alpha value is -1.16. The smallest absolute Gasteiger partial charge is 0.254 e. The van der Waals surface area contributed by atoms with Gasteiger partial charge in [0, 0.05) is 6.04 Å². The van der Waals surface area contributed by atoms with Crippen molar-refractivity contribution in [3.8, 4) is 0 Å². The zero-order valence-electron chi connectivity index (χ0n) is 9.81. The highest BCUT2D eigenvalue weighted by Gasteiger charge is 2.20. The standard InChI is InChI=1S/C13H14ClF2NO/c14-10-7-11(15)9(6-12(10)16)13(18)17-8-4-2-1-3-5-8/h6-8H,1-5H2,(H,17,18). The summed E-state index contributed by atoms with van der Waals surface area (Å²) in [7, 11) is 0. The topological polar surface area (TPSA) is 29.1 Å². The van der Waals surface area contributed by atoms with Crippen LogP contribution in [0.15, 0.2) is 12.1 Å². The molecule has 1 N–H and O–H groups in total. The molecule has 1 fully saturated rings. The molecule has 1 aliphatic rings. The first-order valence-corrected chi connectivity index (χ1v) is 6.41. The number of halogens is 3. The SMILES string of the molecule is O=C(NC1CCCCC1)c1cc(F)c(Cl)cc1F. The maximum Gasteiger partial charge on any atom is 0.254 e. The minimum Gasteiger partial charge on any atom is -0.349 e. The Balaban J connectivity index is 2.10. The Morgan fingerprint density at radius 3 is 2.50 bits per heavy atom. The van der Waals surface area contributed by atoms with Gasteiger partial charge in [-0.2, -0.15) is 0 Å². The van der Waals surface area contributed by atoms with Gasteiger partial charge in [0.05, 0.1) is 10.6 Å². The van der Waals surface area contributed by atoms with Crippen molar-refractivity contribution in [3.63, 3.8) is 0 Å². The highest BCUT2D eigenvalue weighted by Crippen LogP contribution is 2.21. The lowest BCUT2D eigenvalue weighted by Gasteiger charge is -2.22. The van der Waals surface area contributed by atoms with E-state index in [1.807, 2.05) is 0 Å². The van der Waals surface area contributed by atoms with E-state index >= 15 is 0 Å².